The first-order chi connectivity index (χ1) is 13.5. The van der Waals surface area contributed by atoms with Crippen molar-refractivity contribution in [1.82, 2.24) is 9.88 Å². The fourth-order valence-corrected chi connectivity index (χ4v) is 4.05. The Labute approximate surface area is 161 Å². The zero-order chi connectivity index (χ0) is 19.8. The van der Waals surface area contributed by atoms with Crippen LogP contribution in [-0.4, -0.2) is 46.6 Å². The lowest BCUT2D eigenvalue weighted by atomic mass is 9.85. The van der Waals surface area contributed by atoms with Crippen LogP contribution >= 0.6 is 0 Å². The summed E-state index contributed by atoms with van der Waals surface area (Å²) in [5, 5.41) is 0.766. The highest BCUT2D eigenvalue weighted by Gasteiger charge is 2.47. The molecule has 1 N–H and O–H groups in total. The highest BCUT2D eigenvalue weighted by atomic mass is 16.5. The standard InChI is InChI=1S/C21H20N2O5/c1-12-19(15-8-4-5-9-16(15)22-12)17(24)11-28-18(25)10-23-20(26)13-6-2-3-7-14(13)21(23)27/h2-5,8-9,13-14,22H,6-7,10-11H2,1H3/t13-,14-/m1/s1. The lowest BCUT2D eigenvalue weighted by molar-refractivity contribution is -0.152. The average Bonchev–Trinajstić information content (AvgIpc) is 3.15. The molecule has 1 aromatic carbocycles. The number of carbonyl (C=O) groups excluding carboxylic acids is 4. The number of H-pyrrole nitrogens is 1. The van der Waals surface area contributed by atoms with Gasteiger partial charge in [-0.05, 0) is 25.8 Å². The fourth-order valence-electron chi connectivity index (χ4n) is 4.05. The molecular weight excluding hydrogens is 360 g/mol. The Morgan fingerprint density at radius 1 is 1.11 bits per heavy atom. The van der Waals surface area contributed by atoms with Gasteiger partial charge in [-0.2, -0.15) is 0 Å². The number of hydrogen-bond donors (Lipinski definition) is 1. The zero-order valence-electron chi connectivity index (χ0n) is 15.4. The minimum absolute atomic E-state index is 0.333. The largest absolute Gasteiger partial charge is 0.456 e. The number of aromatic nitrogens is 1. The van der Waals surface area contributed by atoms with Gasteiger partial charge in [0.1, 0.15) is 6.54 Å². The number of aromatic amines is 1. The quantitative estimate of drug-likeness (QED) is 0.371. The fraction of sp³-hybridized carbons (Fsp3) is 0.333. The van der Waals surface area contributed by atoms with Crippen LogP contribution in [0.15, 0.2) is 36.4 Å². The second kappa shape index (κ2) is 7.07. The van der Waals surface area contributed by atoms with Crippen molar-refractivity contribution < 1.29 is 23.9 Å². The van der Waals surface area contributed by atoms with E-state index in [2.05, 4.69) is 4.98 Å². The lowest BCUT2D eigenvalue weighted by Gasteiger charge is -2.14. The molecule has 0 radical (unpaired) electrons. The van der Waals surface area contributed by atoms with Gasteiger partial charge in [-0.1, -0.05) is 30.4 Å². The summed E-state index contributed by atoms with van der Waals surface area (Å²) >= 11 is 0. The first kappa shape index (κ1) is 18.2. The van der Waals surface area contributed by atoms with Crippen LogP contribution in [0.5, 0.6) is 0 Å². The number of likely N-dealkylation sites (tertiary alicyclic amines) is 1. The number of imide groups is 1. The van der Waals surface area contributed by atoms with Crippen LogP contribution < -0.4 is 0 Å². The molecule has 0 unspecified atom stereocenters. The minimum atomic E-state index is -0.765. The first-order valence-corrected chi connectivity index (χ1v) is 9.23. The van der Waals surface area contributed by atoms with Gasteiger partial charge in [0.2, 0.25) is 17.6 Å². The Hall–Kier alpha value is -3.22. The molecule has 1 aliphatic heterocycles. The number of amides is 2. The van der Waals surface area contributed by atoms with E-state index < -0.39 is 19.1 Å². The van der Waals surface area contributed by atoms with Crippen molar-refractivity contribution in [3.05, 3.63) is 47.7 Å². The number of para-hydroxylation sites is 1. The summed E-state index contributed by atoms with van der Waals surface area (Å²) in [6.45, 7) is 0.892. The van der Waals surface area contributed by atoms with Crippen LogP contribution in [0.3, 0.4) is 0 Å². The van der Waals surface area contributed by atoms with Crippen molar-refractivity contribution in [2.45, 2.75) is 19.8 Å². The second-order valence-electron chi connectivity index (χ2n) is 7.17. The second-order valence-corrected chi connectivity index (χ2v) is 7.17. The van der Waals surface area contributed by atoms with Gasteiger partial charge in [0.15, 0.2) is 6.61 Å². The number of esters is 1. The molecule has 0 saturated carbocycles. The van der Waals surface area contributed by atoms with Gasteiger partial charge in [0, 0.05) is 22.2 Å². The topological polar surface area (TPSA) is 96.5 Å². The number of aryl methyl sites for hydroxylation is 1. The van der Waals surface area contributed by atoms with Crippen LogP contribution in [0.1, 0.15) is 28.9 Å². The van der Waals surface area contributed by atoms with Crippen LogP contribution in [0, 0.1) is 18.8 Å². The molecule has 1 aliphatic carbocycles. The van der Waals surface area contributed by atoms with Gasteiger partial charge in [-0.15, -0.1) is 0 Å². The summed E-state index contributed by atoms with van der Waals surface area (Å²) in [4.78, 5) is 53.6. The van der Waals surface area contributed by atoms with E-state index in [0.29, 0.717) is 24.1 Å². The molecule has 2 aromatic rings. The number of ether oxygens (including phenoxy) is 1. The summed E-state index contributed by atoms with van der Waals surface area (Å²) < 4.78 is 5.08. The Morgan fingerprint density at radius 2 is 1.75 bits per heavy atom. The SMILES string of the molecule is Cc1[nH]c2ccccc2c1C(=O)COC(=O)CN1C(=O)[C@@H]2CC=CC[C@H]2C1=O. The smallest absolute Gasteiger partial charge is 0.326 e. The number of fused-ring (bicyclic) bond motifs is 2. The average molecular weight is 380 g/mol. The maximum absolute atomic E-state index is 12.6. The number of nitrogens with zero attached hydrogens (tertiary/aromatic N) is 1. The van der Waals surface area contributed by atoms with E-state index in [-0.39, 0.29) is 29.4 Å². The monoisotopic (exact) mass is 380 g/mol. The molecule has 2 atom stereocenters. The molecule has 2 heterocycles. The van der Waals surface area contributed by atoms with Crippen LogP contribution in [0.25, 0.3) is 10.9 Å². The Morgan fingerprint density at radius 3 is 2.43 bits per heavy atom. The highest BCUT2D eigenvalue weighted by molar-refractivity contribution is 6.10. The number of hydrogen-bond acceptors (Lipinski definition) is 5. The Kier molecular flexibility index (Phi) is 4.58. The lowest BCUT2D eigenvalue weighted by Crippen LogP contribution is -2.37. The van der Waals surface area contributed by atoms with Crippen molar-refractivity contribution in [2.75, 3.05) is 13.2 Å². The van der Waals surface area contributed by atoms with E-state index in [1.807, 2.05) is 36.4 Å². The molecule has 28 heavy (non-hydrogen) atoms. The van der Waals surface area contributed by atoms with Gasteiger partial charge in [-0.25, -0.2) is 0 Å². The number of ketones is 1. The molecule has 2 amide bonds. The molecular formula is C21H20N2O5. The maximum Gasteiger partial charge on any atom is 0.326 e. The molecule has 1 fully saturated rings. The molecule has 2 aliphatic rings. The van der Waals surface area contributed by atoms with Gasteiger partial charge < -0.3 is 9.72 Å². The molecule has 7 heteroatoms. The zero-order valence-corrected chi connectivity index (χ0v) is 15.4. The molecule has 7 nitrogen and oxygen atoms in total. The van der Waals surface area contributed by atoms with Crippen molar-refractivity contribution in [1.29, 1.82) is 0 Å². The van der Waals surface area contributed by atoms with Crippen LogP contribution in [-0.2, 0) is 19.1 Å². The highest BCUT2D eigenvalue weighted by Crippen LogP contribution is 2.34. The summed E-state index contributed by atoms with van der Waals surface area (Å²) in [7, 11) is 0. The molecule has 1 saturated heterocycles. The van der Waals surface area contributed by atoms with E-state index >= 15 is 0 Å². The van der Waals surface area contributed by atoms with E-state index in [9.17, 15) is 19.2 Å². The van der Waals surface area contributed by atoms with Gasteiger partial charge in [-0.3, -0.25) is 24.1 Å². The maximum atomic E-state index is 12.6. The predicted molar refractivity (Wildman–Crippen MR) is 100 cm³/mol. The van der Waals surface area contributed by atoms with Gasteiger partial charge >= 0.3 is 5.97 Å². The van der Waals surface area contributed by atoms with Crippen LogP contribution in [0.2, 0.25) is 0 Å². The van der Waals surface area contributed by atoms with E-state index in [0.717, 1.165) is 15.8 Å². The molecule has 4 rings (SSSR count). The van der Waals surface area contributed by atoms with E-state index in [4.69, 9.17) is 4.74 Å². The van der Waals surface area contributed by atoms with Crippen molar-refractivity contribution >= 4 is 34.5 Å². The number of allylic oxidation sites excluding steroid dienone is 2. The third kappa shape index (κ3) is 3.02. The summed E-state index contributed by atoms with van der Waals surface area (Å²) in [6, 6.07) is 7.39. The van der Waals surface area contributed by atoms with E-state index in [1.165, 1.54) is 0 Å². The molecule has 1 aromatic heterocycles. The number of nitrogens with one attached hydrogen (secondary N) is 1. The third-order valence-electron chi connectivity index (χ3n) is 5.42. The predicted octanol–water partition coefficient (Wildman–Crippen LogP) is 2.15. The first-order valence-electron chi connectivity index (χ1n) is 9.23. The van der Waals surface area contributed by atoms with Gasteiger partial charge in [0.25, 0.3) is 0 Å². The summed E-state index contributed by atoms with van der Waals surface area (Å²) in [5.41, 5.74) is 2.01. The normalized spacial score (nSPS) is 21.2. The summed E-state index contributed by atoms with van der Waals surface area (Å²) in [5.74, 6) is -2.55. The number of carbonyl (C=O) groups is 4. The van der Waals surface area contributed by atoms with Gasteiger partial charge in [0.05, 0.1) is 11.8 Å². The Balaban J connectivity index is 1.39. The number of rotatable bonds is 5. The Bertz CT molecular complexity index is 993. The van der Waals surface area contributed by atoms with E-state index in [1.54, 1.807) is 6.92 Å². The van der Waals surface area contributed by atoms with Crippen molar-refractivity contribution in [3.8, 4) is 0 Å². The van der Waals surface area contributed by atoms with Crippen molar-refractivity contribution in [2.24, 2.45) is 11.8 Å². The number of benzene rings is 1. The third-order valence-corrected chi connectivity index (χ3v) is 5.42. The molecule has 0 spiro atoms. The van der Waals surface area contributed by atoms with Crippen molar-refractivity contribution in [3.63, 3.8) is 0 Å². The number of Topliss-reactive ketones (excluding diaryl/α,β-unsaturated/α-hetero) is 1. The molecule has 0 bridgehead atoms. The minimum Gasteiger partial charge on any atom is -0.456 e. The molecule has 144 valence electrons. The van der Waals surface area contributed by atoms with Crippen LogP contribution in [0.4, 0.5) is 0 Å². The summed E-state index contributed by atoms with van der Waals surface area (Å²) in [6.07, 6.45) is 4.80.